The van der Waals surface area contributed by atoms with E-state index in [0.29, 0.717) is 0 Å². The molecule has 2 nitrogen and oxygen atoms in total. The summed E-state index contributed by atoms with van der Waals surface area (Å²) in [6.07, 6.45) is 3.79. The van der Waals surface area contributed by atoms with Crippen LogP contribution in [0.2, 0.25) is 0 Å². The summed E-state index contributed by atoms with van der Waals surface area (Å²) in [5.74, 6) is 0. The van der Waals surface area contributed by atoms with Gasteiger partial charge in [0.1, 0.15) is 0 Å². The molecule has 0 saturated heterocycles. The van der Waals surface area contributed by atoms with Crippen molar-refractivity contribution < 1.29 is 0 Å². The molecule has 0 radical (unpaired) electrons. The van der Waals surface area contributed by atoms with Crippen molar-refractivity contribution in [3.05, 3.63) is 40.3 Å². The zero-order valence-corrected chi connectivity index (χ0v) is 7.71. The summed E-state index contributed by atoms with van der Waals surface area (Å²) >= 11 is 1.83. The summed E-state index contributed by atoms with van der Waals surface area (Å²) in [4.78, 5) is 2.72. The van der Waals surface area contributed by atoms with Gasteiger partial charge in [0.25, 0.3) is 0 Å². The predicted molar refractivity (Wildman–Crippen MR) is 50.4 cm³/mol. The second-order valence-corrected chi connectivity index (χ2v) is 4.09. The van der Waals surface area contributed by atoms with Crippen LogP contribution >= 0.6 is 11.3 Å². The Hall–Kier alpha value is -1.09. The van der Waals surface area contributed by atoms with Crippen molar-refractivity contribution in [1.29, 1.82) is 0 Å². The predicted octanol–water partition coefficient (Wildman–Crippen LogP) is 2.30. The highest BCUT2D eigenvalue weighted by Crippen LogP contribution is 2.15. The summed E-state index contributed by atoms with van der Waals surface area (Å²) in [6, 6.07) is 6.24. The Kier molecular flexibility index (Phi) is 1.96. The smallest absolute Gasteiger partial charge is 0.0752 e. The Bertz CT molecular complexity index is 348. The van der Waals surface area contributed by atoms with E-state index in [9.17, 15) is 0 Å². The molecule has 0 fully saturated rings. The van der Waals surface area contributed by atoms with E-state index in [1.807, 2.05) is 28.3 Å². The van der Waals surface area contributed by atoms with Gasteiger partial charge in [0.05, 0.1) is 6.54 Å². The van der Waals surface area contributed by atoms with Crippen LogP contribution in [0.1, 0.15) is 9.75 Å². The van der Waals surface area contributed by atoms with E-state index in [2.05, 4.69) is 24.2 Å². The lowest BCUT2D eigenvalue weighted by Gasteiger charge is -1.95. The second-order valence-electron chi connectivity index (χ2n) is 2.72. The minimum absolute atomic E-state index is 0.894. The molecule has 2 aromatic rings. The Morgan fingerprint density at radius 2 is 2.42 bits per heavy atom. The third-order valence-electron chi connectivity index (χ3n) is 1.67. The number of rotatable bonds is 2. The van der Waals surface area contributed by atoms with E-state index in [4.69, 9.17) is 0 Å². The highest BCUT2D eigenvalue weighted by molar-refractivity contribution is 7.11. The van der Waals surface area contributed by atoms with Gasteiger partial charge < -0.3 is 0 Å². The van der Waals surface area contributed by atoms with Gasteiger partial charge in [-0.05, 0) is 25.1 Å². The average Bonchev–Trinajstić information content (AvgIpc) is 2.63. The average molecular weight is 178 g/mol. The van der Waals surface area contributed by atoms with E-state index in [1.54, 1.807) is 6.20 Å². The first-order valence-electron chi connectivity index (χ1n) is 3.87. The number of thiophene rings is 1. The van der Waals surface area contributed by atoms with E-state index in [1.165, 1.54) is 9.75 Å². The molecule has 2 aromatic heterocycles. The van der Waals surface area contributed by atoms with Crippen LogP contribution in [0.5, 0.6) is 0 Å². The fourth-order valence-electron chi connectivity index (χ4n) is 1.12. The lowest BCUT2D eigenvalue weighted by Crippen LogP contribution is -1.96. The van der Waals surface area contributed by atoms with Crippen molar-refractivity contribution in [2.45, 2.75) is 13.5 Å². The fourth-order valence-corrected chi connectivity index (χ4v) is 2.01. The van der Waals surface area contributed by atoms with Crippen LogP contribution in [0.4, 0.5) is 0 Å². The van der Waals surface area contributed by atoms with E-state index in [-0.39, 0.29) is 0 Å². The third kappa shape index (κ3) is 1.56. The quantitative estimate of drug-likeness (QED) is 0.690. The Morgan fingerprint density at radius 3 is 3.00 bits per heavy atom. The summed E-state index contributed by atoms with van der Waals surface area (Å²) in [5, 5.41) is 4.14. The Labute approximate surface area is 75.5 Å². The standard InChI is InChI=1S/C9H10N2S/c1-8-3-4-9(12-8)7-11-6-2-5-10-11/h2-6H,7H2,1H3. The van der Waals surface area contributed by atoms with Crippen LogP contribution in [0.3, 0.4) is 0 Å². The monoisotopic (exact) mass is 178 g/mol. The molecule has 0 bridgehead atoms. The fraction of sp³-hybridized carbons (Fsp3) is 0.222. The third-order valence-corrected chi connectivity index (χ3v) is 2.66. The first-order valence-corrected chi connectivity index (χ1v) is 4.69. The first-order chi connectivity index (χ1) is 5.84. The maximum atomic E-state index is 4.14. The largest absolute Gasteiger partial charge is 0.268 e. The molecule has 0 amide bonds. The summed E-state index contributed by atoms with van der Waals surface area (Å²) in [5.41, 5.74) is 0. The van der Waals surface area contributed by atoms with Gasteiger partial charge in [-0.25, -0.2) is 0 Å². The summed E-state index contributed by atoms with van der Waals surface area (Å²) in [6.45, 7) is 3.02. The molecule has 2 rings (SSSR count). The molecule has 0 aliphatic rings. The summed E-state index contributed by atoms with van der Waals surface area (Å²) in [7, 11) is 0. The molecule has 0 atom stereocenters. The van der Waals surface area contributed by atoms with Crippen molar-refractivity contribution in [3.8, 4) is 0 Å². The second kappa shape index (κ2) is 3.11. The lowest BCUT2D eigenvalue weighted by molar-refractivity contribution is 0.695. The van der Waals surface area contributed by atoms with E-state index >= 15 is 0 Å². The minimum Gasteiger partial charge on any atom is -0.268 e. The Morgan fingerprint density at radius 1 is 1.50 bits per heavy atom. The highest BCUT2D eigenvalue weighted by atomic mass is 32.1. The van der Waals surface area contributed by atoms with Gasteiger partial charge in [-0.1, -0.05) is 0 Å². The molecule has 0 aromatic carbocycles. The molecule has 3 heteroatoms. The van der Waals surface area contributed by atoms with Crippen LogP contribution in [-0.4, -0.2) is 9.78 Å². The zero-order chi connectivity index (χ0) is 8.39. The zero-order valence-electron chi connectivity index (χ0n) is 6.90. The Balaban J connectivity index is 2.14. The highest BCUT2D eigenvalue weighted by Gasteiger charge is 1.96. The van der Waals surface area contributed by atoms with Crippen molar-refractivity contribution in [2.75, 3.05) is 0 Å². The van der Waals surface area contributed by atoms with E-state index < -0.39 is 0 Å². The number of nitrogens with zero attached hydrogens (tertiary/aromatic N) is 2. The van der Waals surface area contributed by atoms with Crippen LogP contribution in [0.25, 0.3) is 0 Å². The topological polar surface area (TPSA) is 17.8 Å². The van der Waals surface area contributed by atoms with Crippen LogP contribution in [0.15, 0.2) is 30.6 Å². The molecule has 0 aliphatic heterocycles. The molecule has 0 N–H and O–H groups in total. The molecule has 0 unspecified atom stereocenters. The molecule has 12 heavy (non-hydrogen) atoms. The van der Waals surface area contributed by atoms with Gasteiger partial charge in [-0.3, -0.25) is 4.68 Å². The van der Waals surface area contributed by atoms with Crippen LogP contribution in [-0.2, 0) is 6.54 Å². The maximum absolute atomic E-state index is 4.14. The van der Waals surface area contributed by atoms with Gasteiger partial charge in [0.2, 0.25) is 0 Å². The normalized spacial score (nSPS) is 10.4. The molecule has 2 heterocycles. The van der Waals surface area contributed by atoms with Crippen molar-refractivity contribution in [2.24, 2.45) is 0 Å². The molecule has 0 aliphatic carbocycles. The van der Waals surface area contributed by atoms with Crippen molar-refractivity contribution in [1.82, 2.24) is 9.78 Å². The van der Waals surface area contributed by atoms with Gasteiger partial charge in [-0.15, -0.1) is 11.3 Å². The number of hydrogen-bond acceptors (Lipinski definition) is 2. The molecular weight excluding hydrogens is 168 g/mol. The minimum atomic E-state index is 0.894. The number of hydrogen-bond donors (Lipinski definition) is 0. The lowest BCUT2D eigenvalue weighted by atomic mass is 10.4. The SMILES string of the molecule is Cc1ccc(Cn2cccn2)s1. The van der Waals surface area contributed by atoms with Gasteiger partial charge in [0.15, 0.2) is 0 Å². The van der Waals surface area contributed by atoms with Crippen molar-refractivity contribution >= 4 is 11.3 Å². The molecule has 62 valence electrons. The van der Waals surface area contributed by atoms with Crippen LogP contribution < -0.4 is 0 Å². The summed E-state index contributed by atoms with van der Waals surface area (Å²) < 4.78 is 1.94. The number of aromatic nitrogens is 2. The number of aryl methyl sites for hydroxylation is 1. The van der Waals surface area contributed by atoms with Gasteiger partial charge in [0, 0.05) is 22.1 Å². The van der Waals surface area contributed by atoms with Crippen molar-refractivity contribution in [3.63, 3.8) is 0 Å². The van der Waals surface area contributed by atoms with Gasteiger partial charge >= 0.3 is 0 Å². The first kappa shape index (κ1) is 7.55. The van der Waals surface area contributed by atoms with Crippen LogP contribution in [0, 0.1) is 6.92 Å². The maximum Gasteiger partial charge on any atom is 0.0752 e. The molecular formula is C9H10N2S. The molecule has 0 saturated carbocycles. The van der Waals surface area contributed by atoms with E-state index in [0.717, 1.165) is 6.54 Å². The molecule has 0 spiro atoms. The van der Waals surface area contributed by atoms with Gasteiger partial charge in [-0.2, -0.15) is 5.10 Å².